The van der Waals surface area contributed by atoms with Crippen LogP contribution in [0.2, 0.25) is 0 Å². The molecule has 0 amide bonds. The number of aliphatic hydroxyl groups is 1. The topological polar surface area (TPSA) is 32.7 Å². The Hall–Kier alpha value is -1.06. The summed E-state index contributed by atoms with van der Waals surface area (Å²) in [5, 5.41) is 8.66. The van der Waals surface area contributed by atoms with Crippen molar-refractivity contribution in [3.05, 3.63) is 29.8 Å². The predicted molar refractivity (Wildman–Crippen MR) is 74.9 cm³/mol. The molecule has 0 bridgehead atoms. The van der Waals surface area contributed by atoms with E-state index < -0.39 is 0 Å². The Bertz CT molecular complexity index is 301. The third-order valence-corrected chi connectivity index (χ3v) is 3.44. The summed E-state index contributed by atoms with van der Waals surface area (Å²) in [6, 6.07) is 8.18. The Morgan fingerprint density at radius 3 is 2.33 bits per heavy atom. The fraction of sp³-hybridized carbons (Fsp3) is 0.600. The molecule has 1 fully saturated rings. The van der Waals surface area contributed by atoms with Crippen LogP contribution in [-0.4, -0.2) is 36.2 Å². The van der Waals surface area contributed by atoms with Crippen LogP contribution in [0.15, 0.2) is 24.3 Å². The van der Waals surface area contributed by atoms with Crippen LogP contribution in [-0.2, 0) is 6.61 Å². The molecule has 3 nitrogen and oxygen atoms in total. The lowest BCUT2D eigenvalue weighted by molar-refractivity contribution is 0.281. The third-order valence-electron chi connectivity index (χ3n) is 3.44. The Labute approximate surface area is 110 Å². The van der Waals surface area contributed by atoms with Gasteiger partial charge in [0.1, 0.15) is 5.75 Å². The lowest BCUT2D eigenvalue weighted by Gasteiger charge is -2.17. The van der Waals surface area contributed by atoms with Crippen molar-refractivity contribution in [1.82, 2.24) is 4.90 Å². The lowest BCUT2D eigenvalue weighted by atomic mass is 10.2. The van der Waals surface area contributed by atoms with Gasteiger partial charge in [0.05, 0.1) is 13.7 Å². The van der Waals surface area contributed by atoms with Gasteiger partial charge in [0, 0.05) is 6.04 Å². The van der Waals surface area contributed by atoms with Crippen molar-refractivity contribution < 1.29 is 9.84 Å². The third kappa shape index (κ3) is 4.67. The second-order valence-electron chi connectivity index (χ2n) is 4.63. The molecule has 1 aromatic carbocycles. The smallest absolute Gasteiger partial charge is 0.118 e. The van der Waals surface area contributed by atoms with Crippen LogP contribution >= 0.6 is 0 Å². The molecule has 0 radical (unpaired) electrons. The standard InChI is InChI=1S/C8H10O2.C7H15N/c1-10-8-4-2-7(6-9)3-5-8;1-3-8-6-4-5-7(8)2/h2-5,9H,6H2,1H3;7H,3-6H2,1-2H3. The van der Waals surface area contributed by atoms with E-state index >= 15 is 0 Å². The summed E-state index contributed by atoms with van der Waals surface area (Å²) < 4.78 is 4.93. The van der Waals surface area contributed by atoms with Crippen molar-refractivity contribution in [2.75, 3.05) is 20.2 Å². The van der Waals surface area contributed by atoms with Gasteiger partial charge in [-0.1, -0.05) is 19.1 Å². The quantitative estimate of drug-likeness (QED) is 0.896. The first-order chi connectivity index (χ1) is 8.71. The summed E-state index contributed by atoms with van der Waals surface area (Å²) >= 11 is 0. The molecule has 1 aliphatic heterocycles. The zero-order chi connectivity index (χ0) is 13.4. The number of hydrogen-bond donors (Lipinski definition) is 1. The number of nitrogens with zero attached hydrogens (tertiary/aromatic N) is 1. The molecule has 0 saturated carbocycles. The van der Waals surface area contributed by atoms with Gasteiger partial charge in [-0.05, 0) is 50.6 Å². The van der Waals surface area contributed by atoms with Gasteiger partial charge in [-0.2, -0.15) is 0 Å². The van der Waals surface area contributed by atoms with E-state index in [2.05, 4.69) is 18.7 Å². The first kappa shape index (κ1) is 15.0. The molecule has 102 valence electrons. The van der Waals surface area contributed by atoms with Crippen LogP contribution in [0, 0.1) is 0 Å². The van der Waals surface area contributed by atoms with Crippen LogP contribution in [0.3, 0.4) is 0 Å². The maximum Gasteiger partial charge on any atom is 0.118 e. The van der Waals surface area contributed by atoms with Gasteiger partial charge in [0.25, 0.3) is 0 Å². The largest absolute Gasteiger partial charge is 0.497 e. The summed E-state index contributed by atoms with van der Waals surface area (Å²) in [4.78, 5) is 2.53. The summed E-state index contributed by atoms with van der Waals surface area (Å²) in [5.41, 5.74) is 0.904. The summed E-state index contributed by atoms with van der Waals surface area (Å²) in [5.74, 6) is 0.817. The Kier molecular flexibility index (Phi) is 6.76. The second-order valence-corrected chi connectivity index (χ2v) is 4.63. The van der Waals surface area contributed by atoms with E-state index in [4.69, 9.17) is 9.84 Å². The molecular formula is C15H25NO2. The van der Waals surface area contributed by atoms with Crippen LogP contribution in [0.1, 0.15) is 32.3 Å². The van der Waals surface area contributed by atoms with Crippen molar-refractivity contribution in [3.8, 4) is 5.75 Å². The van der Waals surface area contributed by atoms with Gasteiger partial charge in [-0.15, -0.1) is 0 Å². The number of ether oxygens (including phenoxy) is 1. The van der Waals surface area contributed by atoms with Gasteiger partial charge >= 0.3 is 0 Å². The molecule has 18 heavy (non-hydrogen) atoms. The van der Waals surface area contributed by atoms with E-state index in [9.17, 15) is 0 Å². The van der Waals surface area contributed by atoms with E-state index in [1.165, 1.54) is 25.9 Å². The molecule has 1 aliphatic rings. The molecule has 1 unspecified atom stereocenters. The summed E-state index contributed by atoms with van der Waals surface area (Å²) in [7, 11) is 1.62. The molecule has 2 rings (SSSR count). The maximum atomic E-state index is 8.66. The van der Waals surface area contributed by atoms with Crippen LogP contribution in [0.5, 0.6) is 5.75 Å². The minimum atomic E-state index is 0.0873. The minimum absolute atomic E-state index is 0.0873. The number of aliphatic hydroxyl groups excluding tert-OH is 1. The Morgan fingerprint density at radius 1 is 1.33 bits per heavy atom. The molecule has 1 aromatic rings. The Balaban J connectivity index is 0.000000184. The first-order valence-electron chi connectivity index (χ1n) is 6.69. The fourth-order valence-corrected chi connectivity index (χ4v) is 2.19. The van der Waals surface area contributed by atoms with E-state index in [0.717, 1.165) is 17.4 Å². The first-order valence-corrected chi connectivity index (χ1v) is 6.69. The zero-order valence-electron chi connectivity index (χ0n) is 11.7. The van der Waals surface area contributed by atoms with Crippen molar-refractivity contribution in [2.24, 2.45) is 0 Å². The van der Waals surface area contributed by atoms with Gasteiger partial charge in [0.2, 0.25) is 0 Å². The van der Waals surface area contributed by atoms with Gasteiger partial charge in [-0.25, -0.2) is 0 Å². The molecule has 1 heterocycles. The average Bonchev–Trinajstić information content (AvgIpc) is 2.85. The van der Waals surface area contributed by atoms with E-state index in [1.54, 1.807) is 7.11 Å². The molecular weight excluding hydrogens is 226 g/mol. The van der Waals surface area contributed by atoms with Crippen molar-refractivity contribution in [2.45, 2.75) is 39.3 Å². The number of benzene rings is 1. The Morgan fingerprint density at radius 2 is 2.00 bits per heavy atom. The molecule has 0 spiro atoms. The second kappa shape index (κ2) is 8.11. The molecule has 1 atom stereocenters. The van der Waals surface area contributed by atoms with Gasteiger partial charge in [0.15, 0.2) is 0 Å². The lowest BCUT2D eigenvalue weighted by Crippen LogP contribution is -2.25. The highest BCUT2D eigenvalue weighted by molar-refractivity contribution is 5.26. The highest BCUT2D eigenvalue weighted by Gasteiger charge is 2.16. The minimum Gasteiger partial charge on any atom is -0.497 e. The zero-order valence-corrected chi connectivity index (χ0v) is 11.7. The summed E-state index contributed by atoms with van der Waals surface area (Å²) in [6.45, 7) is 7.21. The average molecular weight is 251 g/mol. The normalized spacial score (nSPS) is 19.2. The van der Waals surface area contributed by atoms with Crippen molar-refractivity contribution in [3.63, 3.8) is 0 Å². The van der Waals surface area contributed by atoms with Crippen LogP contribution < -0.4 is 4.74 Å². The van der Waals surface area contributed by atoms with Crippen LogP contribution in [0.4, 0.5) is 0 Å². The highest BCUT2D eigenvalue weighted by atomic mass is 16.5. The number of rotatable bonds is 3. The van der Waals surface area contributed by atoms with E-state index in [0.29, 0.717) is 0 Å². The van der Waals surface area contributed by atoms with E-state index in [-0.39, 0.29) is 6.61 Å². The highest BCUT2D eigenvalue weighted by Crippen LogP contribution is 2.14. The van der Waals surface area contributed by atoms with Crippen molar-refractivity contribution in [1.29, 1.82) is 0 Å². The SMILES string of the molecule is CCN1CCCC1C.COc1ccc(CO)cc1. The molecule has 0 aliphatic carbocycles. The number of hydrogen-bond acceptors (Lipinski definition) is 3. The monoisotopic (exact) mass is 251 g/mol. The van der Waals surface area contributed by atoms with Gasteiger partial charge < -0.3 is 14.7 Å². The molecule has 1 N–H and O–H groups in total. The molecule has 1 saturated heterocycles. The van der Waals surface area contributed by atoms with Gasteiger partial charge in [-0.3, -0.25) is 0 Å². The maximum absolute atomic E-state index is 8.66. The van der Waals surface area contributed by atoms with Crippen molar-refractivity contribution >= 4 is 0 Å². The number of methoxy groups -OCH3 is 1. The summed E-state index contributed by atoms with van der Waals surface area (Å²) in [6.07, 6.45) is 2.82. The predicted octanol–water partition coefficient (Wildman–Crippen LogP) is 2.68. The van der Waals surface area contributed by atoms with Crippen LogP contribution in [0.25, 0.3) is 0 Å². The van der Waals surface area contributed by atoms with E-state index in [1.807, 2.05) is 24.3 Å². The number of likely N-dealkylation sites (tertiary alicyclic amines) is 1. The molecule has 0 aromatic heterocycles. The fourth-order valence-electron chi connectivity index (χ4n) is 2.19. The molecule has 3 heteroatoms.